The van der Waals surface area contributed by atoms with Crippen molar-refractivity contribution in [3.05, 3.63) is 69.5 Å². The first-order valence-corrected chi connectivity index (χ1v) is 7.19. The molecule has 3 heteroatoms. The van der Waals surface area contributed by atoms with Crippen LogP contribution in [0.25, 0.3) is 0 Å². The second kappa shape index (κ2) is 5.61. The first-order chi connectivity index (χ1) is 9.71. The fourth-order valence-electron chi connectivity index (χ4n) is 2.31. The zero-order valence-corrected chi connectivity index (χ0v) is 13.4. The molecule has 0 aliphatic heterocycles. The lowest BCUT2D eigenvalue weighted by molar-refractivity contribution is 0.103. The van der Waals surface area contributed by atoms with Gasteiger partial charge in [-0.25, -0.2) is 4.39 Å². The van der Waals surface area contributed by atoms with E-state index >= 15 is 0 Å². The summed E-state index contributed by atoms with van der Waals surface area (Å²) < 4.78 is 13.5. The molecule has 0 unspecified atom stereocenters. The van der Waals surface area contributed by atoms with Gasteiger partial charge in [-0.05, 0) is 35.6 Å². The maximum Gasteiger partial charge on any atom is 0.194 e. The van der Waals surface area contributed by atoms with Crippen molar-refractivity contribution >= 4 is 17.4 Å². The second-order valence-corrected chi connectivity index (χ2v) is 6.61. The summed E-state index contributed by atoms with van der Waals surface area (Å²) in [5.74, 6) is -0.575. The summed E-state index contributed by atoms with van der Waals surface area (Å²) in [6, 6.07) is 10.2. The number of rotatable bonds is 2. The lowest BCUT2D eigenvalue weighted by Gasteiger charge is -2.22. The summed E-state index contributed by atoms with van der Waals surface area (Å²) >= 11 is 6.05. The van der Waals surface area contributed by atoms with Gasteiger partial charge in [-0.1, -0.05) is 56.6 Å². The van der Waals surface area contributed by atoms with Gasteiger partial charge in [-0.2, -0.15) is 0 Å². The summed E-state index contributed by atoms with van der Waals surface area (Å²) in [4.78, 5) is 12.8. The third kappa shape index (κ3) is 3.16. The van der Waals surface area contributed by atoms with Crippen molar-refractivity contribution in [3.8, 4) is 0 Å². The van der Waals surface area contributed by atoms with Crippen LogP contribution >= 0.6 is 11.6 Å². The molecule has 1 nitrogen and oxygen atoms in total. The van der Waals surface area contributed by atoms with Gasteiger partial charge in [0.05, 0.1) is 5.02 Å². The summed E-state index contributed by atoms with van der Waals surface area (Å²) in [5.41, 5.74) is 2.16. The van der Waals surface area contributed by atoms with Gasteiger partial charge in [-0.15, -0.1) is 0 Å². The molecule has 110 valence electrons. The van der Waals surface area contributed by atoms with E-state index in [-0.39, 0.29) is 16.2 Å². The van der Waals surface area contributed by atoms with Crippen LogP contribution < -0.4 is 0 Å². The quantitative estimate of drug-likeness (QED) is 0.687. The smallest absolute Gasteiger partial charge is 0.194 e. The number of ketones is 1. The van der Waals surface area contributed by atoms with Crippen LogP contribution in [0.4, 0.5) is 4.39 Å². The predicted molar refractivity (Wildman–Crippen MR) is 84.7 cm³/mol. The Kier molecular flexibility index (Phi) is 4.20. The van der Waals surface area contributed by atoms with E-state index in [1.165, 1.54) is 12.1 Å². The van der Waals surface area contributed by atoms with Gasteiger partial charge in [0.25, 0.3) is 0 Å². The van der Waals surface area contributed by atoms with Crippen molar-refractivity contribution in [1.82, 2.24) is 0 Å². The highest BCUT2D eigenvalue weighted by Gasteiger charge is 2.23. The van der Waals surface area contributed by atoms with Crippen molar-refractivity contribution in [3.63, 3.8) is 0 Å². The van der Waals surface area contributed by atoms with Crippen LogP contribution in [0.15, 0.2) is 36.4 Å². The van der Waals surface area contributed by atoms with Gasteiger partial charge in [-0.3, -0.25) is 4.79 Å². The average molecular weight is 305 g/mol. The second-order valence-electron chi connectivity index (χ2n) is 6.21. The Balaban J connectivity index is 2.59. The number of hydrogen-bond acceptors (Lipinski definition) is 1. The molecule has 0 saturated carbocycles. The molecule has 0 atom stereocenters. The predicted octanol–water partition coefficient (Wildman–Crippen LogP) is 5.32. The topological polar surface area (TPSA) is 17.1 Å². The van der Waals surface area contributed by atoms with Gasteiger partial charge in [0.2, 0.25) is 0 Å². The fraction of sp³-hybridized carbons (Fsp3) is 0.278. The number of halogens is 2. The molecule has 0 bridgehead atoms. The summed E-state index contributed by atoms with van der Waals surface area (Å²) in [6.07, 6.45) is 0. The van der Waals surface area contributed by atoms with Gasteiger partial charge < -0.3 is 0 Å². The number of hydrogen-bond donors (Lipinski definition) is 0. The van der Waals surface area contributed by atoms with E-state index in [1.54, 1.807) is 13.0 Å². The van der Waals surface area contributed by atoms with Crippen molar-refractivity contribution in [2.24, 2.45) is 0 Å². The van der Waals surface area contributed by atoms with Gasteiger partial charge in [0.15, 0.2) is 5.78 Å². The van der Waals surface area contributed by atoms with Crippen LogP contribution in [0.2, 0.25) is 5.02 Å². The van der Waals surface area contributed by atoms with Gasteiger partial charge in [0, 0.05) is 11.1 Å². The zero-order chi connectivity index (χ0) is 15.8. The van der Waals surface area contributed by atoms with E-state index in [2.05, 4.69) is 20.8 Å². The summed E-state index contributed by atoms with van der Waals surface area (Å²) in [7, 11) is 0. The molecule has 0 N–H and O–H groups in total. The monoisotopic (exact) mass is 304 g/mol. The van der Waals surface area contributed by atoms with Crippen molar-refractivity contribution in [2.45, 2.75) is 33.1 Å². The Hall–Kier alpha value is -1.67. The normalized spacial score (nSPS) is 11.5. The fourth-order valence-corrected chi connectivity index (χ4v) is 2.55. The largest absolute Gasteiger partial charge is 0.289 e. The minimum Gasteiger partial charge on any atom is -0.289 e. The standard InChI is InChI=1S/C18H18ClFO/c1-11-9-13(15(19)10-16(11)20)17(21)12-7-5-6-8-14(12)18(2,3)4/h5-10H,1-4H3. The van der Waals surface area contributed by atoms with Crippen molar-refractivity contribution in [2.75, 3.05) is 0 Å². The summed E-state index contributed by atoms with van der Waals surface area (Å²) in [6.45, 7) is 7.78. The van der Waals surface area contributed by atoms with Crippen LogP contribution in [0.5, 0.6) is 0 Å². The maximum absolute atomic E-state index is 13.5. The van der Waals surface area contributed by atoms with Crippen LogP contribution in [0.1, 0.15) is 47.8 Å². The first-order valence-electron chi connectivity index (χ1n) is 6.81. The number of carbonyl (C=O) groups excluding carboxylic acids is 1. The lowest BCUT2D eigenvalue weighted by Crippen LogP contribution is -2.17. The van der Waals surface area contributed by atoms with Crippen LogP contribution in [0.3, 0.4) is 0 Å². The van der Waals surface area contributed by atoms with Crippen molar-refractivity contribution in [1.29, 1.82) is 0 Å². The molecule has 0 spiro atoms. The molecule has 0 aliphatic carbocycles. The number of benzene rings is 2. The Bertz CT molecular complexity index is 699. The highest BCUT2D eigenvalue weighted by molar-refractivity contribution is 6.35. The molecular weight excluding hydrogens is 287 g/mol. The molecule has 0 radical (unpaired) electrons. The molecular formula is C18H18ClFO. The van der Waals surface area contributed by atoms with Crippen LogP contribution in [-0.4, -0.2) is 5.78 Å². The third-order valence-corrected chi connectivity index (χ3v) is 3.79. The van der Waals surface area contributed by atoms with E-state index in [0.29, 0.717) is 16.7 Å². The minimum atomic E-state index is -0.402. The third-order valence-electron chi connectivity index (χ3n) is 3.47. The average Bonchev–Trinajstić information content (AvgIpc) is 2.41. The lowest BCUT2D eigenvalue weighted by atomic mass is 9.82. The molecule has 2 rings (SSSR count). The Morgan fingerprint density at radius 1 is 1.10 bits per heavy atom. The van der Waals surface area contributed by atoms with Crippen LogP contribution in [0, 0.1) is 12.7 Å². The van der Waals surface area contributed by atoms with Gasteiger partial charge >= 0.3 is 0 Å². The van der Waals surface area contributed by atoms with E-state index in [0.717, 1.165) is 5.56 Å². The molecule has 2 aromatic rings. The Morgan fingerprint density at radius 2 is 1.71 bits per heavy atom. The molecule has 0 amide bonds. The molecule has 2 aromatic carbocycles. The Labute approximate surface area is 129 Å². The van der Waals surface area contributed by atoms with E-state index < -0.39 is 5.82 Å². The molecule has 0 aromatic heterocycles. The first kappa shape index (κ1) is 15.7. The van der Waals surface area contributed by atoms with Gasteiger partial charge in [0.1, 0.15) is 5.82 Å². The molecule has 0 heterocycles. The highest BCUT2D eigenvalue weighted by atomic mass is 35.5. The number of carbonyl (C=O) groups is 1. The maximum atomic E-state index is 13.5. The Morgan fingerprint density at radius 3 is 2.33 bits per heavy atom. The van der Waals surface area contributed by atoms with E-state index in [9.17, 15) is 9.18 Å². The molecule has 0 saturated heterocycles. The molecule has 0 aliphatic rings. The minimum absolute atomic E-state index is 0.145. The van der Waals surface area contributed by atoms with E-state index in [4.69, 9.17) is 11.6 Å². The van der Waals surface area contributed by atoms with Crippen molar-refractivity contribution < 1.29 is 9.18 Å². The molecule has 0 fully saturated rings. The number of aryl methyl sites for hydroxylation is 1. The zero-order valence-electron chi connectivity index (χ0n) is 12.6. The molecule has 21 heavy (non-hydrogen) atoms. The highest BCUT2D eigenvalue weighted by Crippen LogP contribution is 2.30. The SMILES string of the molecule is Cc1cc(C(=O)c2ccccc2C(C)(C)C)c(Cl)cc1F. The summed E-state index contributed by atoms with van der Waals surface area (Å²) in [5, 5.41) is 0.145. The van der Waals surface area contributed by atoms with Crippen LogP contribution in [-0.2, 0) is 5.41 Å². The van der Waals surface area contributed by atoms with E-state index in [1.807, 2.05) is 18.2 Å².